The number of unbranched alkanes of at least 4 members (excludes halogenated alkanes) is 17. The maximum atomic E-state index is 12.8. The number of likely N-dealkylation sites (N-methyl/N-ethyl adjacent to an activating group) is 2. The number of carbonyl (C=O) groups is 2. The Bertz CT molecular complexity index is 1150. The minimum Gasteiger partial charge on any atom is -0.494 e. The van der Waals surface area contributed by atoms with Crippen molar-refractivity contribution >= 4 is 23.2 Å². The zero-order chi connectivity index (χ0) is 39.3. The van der Waals surface area contributed by atoms with Crippen molar-refractivity contribution in [2.45, 2.75) is 142 Å². The van der Waals surface area contributed by atoms with E-state index in [2.05, 4.69) is 52.7 Å². The number of nitrogens with zero attached hydrogens (tertiary/aromatic N) is 2. The monoisotopic (exact) mass is 753 g/mol. The largest absolute Gasteiger partial charge is 0.494 e. The van der Waals surface area contributed by atoms with Gasteiger partial charge in [-0.3, -0.25) is 9.59 Å². The smallest absolute Gasteiger partial charge is 0.279 e. The van der Waals surface area contributed by atoms with Gasteiger partial charge in [-0.1, -0.05) is 104 Å². The summed E-state index contributed by atoms with van der Waals surface area (Å²) in [6, 6.07) is 15.5. The highest BCUT2D eigenvalue weighted by Gasteiger charge is 2.21. The second kappa shape index (κ2) is 28.3. The number of rotatable bonds is 33. The molecule has 2 aromatic rings. The minimum absolute atomic E-state index is 0.0308. The molecule has 2 rings (SSSR count). The van der Waals surface area contributed by atoms with Crippen molar-refractivity contribution in [1.82, 2.24) is 0 Å². The number of amides is 2. The van der Waals surface area contributed by atoms with Crippen LogP contribution in [0.5, 0.6) is 11.5 Å². The van der Waals surface area contributed by atoms with Crippen LogP contribution in [0.25, 0.3) is 0 Å². The van der Waals surface area contributed by atoms with Crippen molar-refractivity contribution in [3.8, 4) is 11.5 Å². The summed E-state index contributed by atoms with van der Waals surface area (Å²) in [7, 11) is 8.50. The van der Waals surface area contributed by atoms with E-state index < -0.39 is 0 Å². The SMILES string of the molecule is CCCCCCCCCCOc1ccc(NC(=O)C[N+](C)(C)CCCCCC[N+](C)(C)CC(=O)Nc2ccc(OCCCCCCCCCC)cc2)cc1. The van der Waals surface area contributed by atoms with Gasteiger partial charge in [0.1, 0.15) is 11.5 Å². The first-order valence-corrected chi connectivity index (χ1v) is 21.7. The molecule has 2 aromatic carbocycles. The van der Waals surface area contributed by atoms with Crippen LogP contribution in [0.15, 0.2) is 48.5 Å². The van der Waals surface area contributed by atoms with Crippen molar-refractivity contribution in [1.29, 1.82) is 0 Å². The number of hydrogen-bond acceptors (Lipinski definition) is 4. The molecule has 0 aliphatic carbocycles. The number of benzene rings is 2. The van der Waals surface area contributed by atoms with Crippen LogP contribution in [-0.2, 0) is 9.59 Å². The molecular formula is C46H80N4O4+2. The van der Waals surface area contributed by atoms with Crippen LogP contribution in [0.3, 0.4) is 0 Å². The van der Waals surface area contributed by atoms with Crippen LogP contribution in [0, 0.1) is 0 Å². The topological polar surface area (TPSA) is 76.7 Å². The Morgan fingerprint density at radius 1 is 0.444 bits per heavy atom. The fraction of sp³-hybridized carbons (Fsp3) is 0.696. The van der Waals surface area contributed by atoms with Crippen LogP contribution < -0.4 is 20.1 Å². The molecule has 0 radical (unpaired) electrons. The molecule has 8 nitrogen and oxygen atoms in total. The number of ether oxygens (including phenoxy) is 2. The van der Waals surface area contributed by atoms with Crippen molar-refractivity contribution in [3.63, 3.8) is 0 Å². The summed E-state index contributed by atoms with van der Waals surface area (Å²) in [6.07, 6.45) is 25.0. The summed E-state index contributed by atoms with van der Waals surface area (Å²) in [6.45, 7) is 8.76. The third-order valence-corrected chi connectivity index (χ3v) is 10.2. The van der Waals surface area contributed by atoms with Gasteiger partial charge in [0.2, 0.25) is 0 Å². The summed E-state index contributed by atoms with van der Waals surface area (Å²) in [5, 5.41) is 6.12. The first-order valence-electron chi connectivity index (χ1n) is 21.7. The number of hydrogen-bond donors (Lipinski definition) is 2. The fourth-order valence-electron chi connectivity index (χ4n) is 6.89. The molecule has 0 bridgehead atoms. The Morgan fingerprint density at radius 2 is 0.741 bits per heavy atom. The van der Waals surface area contributed by atoms with E-state index in [-0.39, 0.29) is 11.8 Å². The lowest BCUT2D eigenvalue weighted by Crippen LogP contribution is -2.46. The highest BCUT2D eigenvalue weighted by molar-refractivity contribution is 5.92. The number of anilines is 2. The van der Waals surface area contributed by atoms with E-state index in [0.29, 0.717) is 22.1 Å². The lowest BCUT2D eigenvalue weighted by molar-refractivity contribution is -0.883. The van der Waals surface area contributed by atoms with E-state index in [9.17, 15) is 9.59 Å². The van der Waals surface area contributed by atoms with E-state index in [0.717, 1.165) is 87.7 Å². The molecule has 2 amide bonds. The van der Waals surface area contributed by atoms with Gasteiger partial charge in [0.15, 0.2) is 13.1 Å². The molecular weight excluding hydrogens is 673 g/mol. The van der Waals surface area contributed by atoms with Gasteiger partial charge >= 0.3 is 0 Å². The predicted octanol–water partition coefficient (Wildman–Crippen LogP) is 11.0. The van der Waals surface area contributed by atoms with E-state index in [4.69, 9.17) is 9.47 Å². The molecule has 0 fully saturated rings. The molecule has 8 heteroatoms. The maximum absolute atomic E-state index is 12.8. The van der Waals surface area contributed by atoms with Gasteiger partial charge < -0.3 is 29.1 Å². The Kier molecular flexibility index (Phi) is 24.7. The molecule has 2 N–H and O–H groups in total. The Balaban J connectivity index is 1.53. The van der Waals surface area contributed by atoms with Gasteiger partial charge in [0.25, 0.3) is 11.8 Å². The lowest BCUT2D eigenvalue weighted by atomic mass is 10.1. The molecule has 0 spiro atoms. The second-order valence-electron chi connectivity index (χ2n) is 16.8. The average Bonchev–Trinajstić information content (AvgIpc) is 3.12. The fourth-order valence-corrected chi connectivity index (χ4v) is 6.89. The van der Waals surface area contributed by atoms with E-state index >= 15 is 0 Å². The van der Waals surface area contributed by atoms with Crippen LogP contribution in [0.1, 0.15) is 142 Å². The third-order valence-electron chi connectivity index (χ3n) is 10.2. The van der Waals surface area contributed by atoms with Gasteiger partial charge in [0.05, 0.1) is 54.5 Å². The summed E-state index contributed by atoms with van der Waals surface area (Å²) in [5.41, 5.74) is 1.61. The van der Waals surface area contributed by atoms with E-state index in [1.54, 1.807) is 0 Å². The van der Waals surface area contributed by atoms with Gasteiger partial charge in [-0.2, -0.15) is 0 Å². The third kappa shape index (κ3) is 24.3. The summed E-state index contributed by atoms with van der Waals surface area (Å²) >= 11 is 0. The Labute approximate surface area is 330 Å². The molecule has 0 atom stereocenters. The van der Waals surface area contributed by atoms with E-state index in [1.807, 2.05) is 48.5 Å². The lowest BCUT2D eigenvalue weighted by Gasteiger charge is -2.30. The predicted molar refractivity (Wildman–Crippen MR) is 229 cm³/mol. The quantitative estimate of drug-likeness (QED) is 0.0562. The van der Waals surface area contributed by atoms with Crippen molar-refractivity contribution in [2.24, 2.45) is 0 Å². The first kappa shape index (κ1) is 47.1. The zero-order valence-electron chi connectivity index (χ0n) is 35.5. The molecule has 0 aliphatic heterocycles. The average molecular weight is 753 g/mol. The first-order chi connectivity index (χ1) is 26.0. The van der Waals surface area contributed by atoms with Crippen LogP contribution in [-0.4, -0.2) is 88.4 Å². The van der Waals surface area contributed by atoms with Crippen molar-refractivity contribution in [2.75, 3.05) is 78.2 Å². The summed E-state index contributed by atoms with van der Waals surface area (Å²) < 4.78 is 13.1. The Hall–Kier alpha value is -3.10. The highest BCUT2D eigenvalue weighted by Crippen LogP contribution is 2.19. The normalized spacial score (nSPS) is 11.7. The minimum atomic E-state index is 0.0308. The molecule has 0 saturated heterocycles. The molecule has 0 aromatic heterocycles. The van der Waals surface area contributed by atoms with E-state index in [1.165, 1.54) is 89.9 Å². The van der Waals surface area contributed by atoms with Gasteiger partial charge in [-0.25, -0.2) is 0 Å². The summed E-state index contributed by atoms with van der Waals surface area (Å²) in [5.74, 6) is 1.77. The van der Waals surface area contributed by atoms with Crippen molar-refractivity contribution in [3.05, 3.63) is 48.5 Å². The standard InChI is InChI=1S/C46H78N4O4/c1-7-9-11-13-15-17-21-25-37-53-43-31-27-41(28-32-43)47-45(51)39-49(3,4)35-23-19-20-24-36-50(5,6)40-46(52)48-42-29-33-44(34-30-42)54-38-26-22-18-16-14-12-10-8-2/h27-34H,7-26,35-40H2,1-6H3/p+2. The molecule has 0 saturated carbocycles. The molecule has 0 unspecified atom stereocenters. The van der Waals surface area contributed by atoms with Gasteiger partial charge in [-0.05, 0) is 87.1 Å². The van der Waals surface area contributed by atoms with Gasteiger partial charge in [0, 0.05) is 11.4 Å². The van der Waals surface area contributed by atoms with Gasteiger partial charge in [-0.15, -0.1) is 0 Å². The van der Waals surface area contributed by atoms with Crippen molar-refractivity contribution < 1.29 is 28.0 Å². The van der Waals surface area contributed by atoms with Crippen LogP contribution in [0.4, 0.5) is 11.4 Å². The highest BCUT2D eigenvalue weighted by atomic mass is 16.5. The Morgan fingerprint density at radius 3 is 1.07 bits per heavy atom. The summed E-state index contributed by atoms with van der Waals surface area (Å²) in [4.78, 5) is 25.7. The molecule has 306 valence electrons. The molecule has 54 heavy (non-hydrogen) atoms. The number of quaternary nitrogens is 2. The zero-order valence-corrected chi connectivity index (χ0v) is 35.5. The molecule has 0 heterocycles. The van der Waals surface area contributed by atoms with Crippen LogP contribution >= 0.6 is 0 Å². The molecule has 0 aliphatic rings. The number of nitrogens with one attached hydrogen (secondary N) is 2. The second-order valence-corrected chi connectivity index (χ2v) is 16.8. The maximum Gasteiger partial charge on any atom is 0.279 e. The van der Waals surface area contributed by atoms with Crippen LogP contribution in [0.2, 0.25) is 0 Å². The number of carbonyl (C=O) groups excluding carboxylic acids is 2.